The van der Waals surface area contributed by atoms with E-state index in [1.165, 1.54) is 0 Å². The Labute approximate surface area is 107 Å². The molecule has 0 bridgehead atoms. The number of rotatable bonds is 3. The molecule has 0 atom stereocenters. The van der Waals surface area contributed by atoms with Crippen molar-refractivity contribution in [2.24, 2.45) is 0 Å². The van der Waals surface area contributed by atoms with Crippen LogP contribution < -0.4 is 15.2 Å². The lowest BCUT2D eigenvalue weighted by molar-refractivity contribution is 0.409. The first kappa shape index (κ1) is 12.3. The van der Waals surface area contributed by atoms with Crippen molar-refractivity contribution in [2.75, 3.05) is 12.8 Å². The Bertz CT molecular complexity index is 541. The molecule has 3 nitrogen and oxygen atoms in total. The van der Waals surface area contributed by atoms with Gasteiger partial charge >= 0.3 is 0 Å². The van der Waals surface area contributed by atoms with Crippen LogP contribution in [0.25, 0.3) is 0 Å². The van der Waals surface area contributed by atoms with Crippen LogP contribution in [0.3, 0.4) is 0 Å². The molecule has 0 aromatic heterocycles. The van der Waals surface area contributed by atoms with Gasteiger partial charge in [0.1, 0.15) is 17.2 Å². The second-order valence-electron chi connectivity index (χ2n) is 4.25. The Morgan fingerprint density at radius 3 is 2.11 bits per heavy atom. The van der Waals surface area contributed by atoms with E-state index in [9.17, 15) is 0 Å². The van der Waals surface area contributed by atoms with Gasteiger partial charge in [-0.3, -0.25) is 0 Å². The number of benzene rings is 2. The summed E-state index contributed by atoms with van der Waals surface area (Å²) in [6, 6.07) is 11.4. The van der Waals surface area contributed by atoms with E-state index in [1.54, 1.807) is 7.11 Å². The summed E-state index contributed by atoms with van der Waals surface area (Å²) in [4.78, 5) is 0. The van der Waals surface area contributed by atoms with Gasteiger partial charge in [-0.1, -0.05) is 6.07 Å². The minimum absolute atomic E-state index is 0.748. The van der Waals surface area contributed by atoms with Crippen LogP contribution in [0.4, 0.5) is 5.69 Å². The number of nitrogens with two attached hydrogens (primary N) is 1. The average Bonchev–Trinajstić information content (AvgIpc) is 2.36. The number of anilines is 1. The van der Waals surface area contributed by atoms with E-state index < -0.39 is 0 Å². The van der Waals surface area contributed by atoms with Gasteiger partial charge < -0.3 is 15.2 Å². The SMILES string of the molecule is COc1cccc(Oc2cc(C)c(N)c(C)c2)c1. The highest BCUT2D eigenvalue weighted by molar-refractivity contribution is 5.56. The topological polar surface area (TPSA) is 44.5 Å². The lowest BCUT2D eigenvalue weighted by atomic mass is 10.1. The summed E-state index contributed by atoms with van der Waals surface area (Å²) in [7, 11) is 1.64. The number of aryl methyl sites for hydroxylation is 2. The van der Waals surface area contributed by atoms with Crippen LogP contribution in [0.15, 0.2) is 36.4 Å². The van der Waals surface area contributed by atoms with E-state index in [4.69, 9.17) is 15.2 Å². The molecule has 18 heavy (non-hydrogen) atoms. The molecule has 2 aromatic carbocycles. The summed E-state index contributed by atoms with van der Waals surface area (Å²) in [5, 5.41) is 0. The second-order valence-corrected chi connectivity index (χ2v) is 4.25. The molecule has 0 fully saturated rings. The van der Waals surface area contributed by atoms with Crippen molar-refractivity contribution < 1.29 is 9.47 Å². The smallest absolute Gasteiger partial charge is 0.131 e. The van der Waals surface area contributed by atoms with Crippen molar-refractivity contribution in [1.29, 1.82) is 0 Å². The fourth-order valence-electron chi connectivity index (χ4n) is 1.79. The Morgan fingerprint density at radius 1 is 0.889 bits per heavy atom. The minimum Gasteiger partial charge on any atom is -0.497 e. The maximum Gasteiger partial charge on any atom is 0.131 e. The van der Waals surface area contributed by atoms with Crippen LogP contribution in [-0.4, -0.2) is 7.11 Å². The van der Waals surface area contributed by atoms with Crippen molar-refractivity contribution in [3.63, 3.8) is 0 Å². The molecule has 0 aliphatic rings. The van der Waals surface area contributed by atoms with Gasteiger partial charge in [0, 0.05) is 11.8 Å². The molecule has 0 radical (unpaired) electrons. The van der Waals surface area contributed by atoms with Crippen molar-refractivity contribution in [2.45, 2.75) is 13.8 Å². The highest BCUT2D eigenvalue weighted by Gasteiger charge is 2.04. The van der Waals surface area contributed by atoms with Crippen LogP contribution in [-0.2, 0) is 0 Å². The van der Waals surface area contributed by atoms with E-state index in [1.807, 2.05) is 50.2 Å². The maximum atomic E-state index is 5.91. The molecule has 0 heterocycles. The summed E-state index contributed by atoms with van der Waals surface area (Å²) in [5.74, 6) is 2.31. The third kappa shape index (κ3) is 2.56. The average molecular weight is 243 g/mol. The molecular formula is C15H17NO2. The van der Waals surface area contributed by atoms with Crippen molar-refractivity contribution in [3.05, 3.63) is 47.5 Å². The number of hydrogen-bond donors (Lipinski definition) is 1. The Balaban J connectivity index is 2.28. The van der Waals surface area contributed by atoms with Gasteiger partial charge in [-0.25, -0.2) is 0 Å². The lowest BCUT2D eigenvalue weighted by Gasteiger charge is -2.11. The Morgan fingerprint density at radius 2 is 1.50 bits per heavy atom. The molecule has 2 rings (SSSR count). The molecule has 0 unspecified atom stereocenters. The Kier molecular flexibility index (Phi) is 3.42. The number of hydrogen-bond acceptors (Lipinski definition) is 3. The van der Waals surface area contributed by atoms with E-state index in [0.717, 1.165) is 34.1 Å². The molecule has 3 heteroatoms. The zero-order valence-electron chi connectivity index (χ0n) is 10.9. The normalized spacial score (nSPS) is 10.2. The molecule has 0 aliphatic heterocycles. The summed E-state index contributed by atoms with van der Waals surface area (Å²) in [6.07, 6.45) is 0. The quantitative estimate of drug-likeness (QED) is 0.836. The molecule has 0 aliphatic carbocycles. The van der Waals surface area contributed by atoms with Crippen LogP contribution >= 0.6 is 0 Å². The molecule has 2 N–H and O–H groups in total. The van der Waals surface area contributed by atoms with E-state index in [2.05, 4.69) is 0 Å². The van der Waals surface area contributed by atoms with Crippen LogP contribution in [0.2, 0.25) is 0 Å². The highest BCUT2D eigenvalue weighted by atomic mass is 16.5. The number of ether oxygens (including phenoxy) is 2. The fourth-order valence-corrected chi connectivity index (χ4v) is 1.79. The van der Waals surface area contributed by atoms with Crippen molar-refractivity contribution in [3.8, 4) is 17.2 Å². The molecule has 0 spiro atoms. The zero-order valence-corrected chi connectivity index (χ0v) is 10.9. The van der Waals surface area contributed by atoms with Gasteiger partial charge in [0.2, 0.25) is 0 Å². The molecule has 0 saturated heterocycles. The molecular weight excluding hydrogens is 226 g/mol. The molecule has 0 amide bonds. The molecule has 2 aromatic rings. The van der Waals surface area contributed by atoms with Gasteiger partial charge in [0.15, 0.2) is 0 Å². The van der Waals surface area contributed by atoms with Crippen molar-refractivity contribution in [1.82, 2.24) is 0 Å². The highest BCUT2D eigenvalue weighted by Crippen LogP contribution is 2.29. The first-order valence-corrected chi connectivity index (χ1v) is 5.79. The van der Waals surface area contributed by atoms with Gasteiger partial charge in [-0.15, -0.1) is 0 Å². The van der Waals surface area contributed by atoms with E-state index in [-0.39, 0.29) is 0 Å². The predicted octanol–water partition coefficient (Wildman–Crippen LogP) is 3.69. The van der Waals surface area contributed by atoms with Gasteiger partial charge in [-0.05, 0) is 49.2 Å². The summed E-state index contributed by atoms with van der Waals surface area (Å²) in [5.41, 5.74) is 8.77. The maximum absolute atomic E-state index is 5.91. The standard InChI is InChI=1S/C15H17NO2/c1-10-7-14(8-11(2)15(10)16)18-13-6-4-5-12(9-13)17-3/h4-9H,16H2,1-3H3. The summed E-state index contributed by atoms with van der Waals surface area (Å²) in [6.45, 7) is 3.95. The minimum atomic E-state index is 0.748. The first-order chi connectivity index (χ1) is 8.60. The third-order valence-electron chi connectivity index (χ3n) is 2.84. The van der Waals surface area contributed by atoms with Crippen LogP contribution in [0, 0.1) is 13.8 Å². The molecule has 0 saturated carbocycles. The van der Waals surface area contributed by atoms with Crippen LogP contribution in [0.5, 0.6) is 17.2 Å². The second kappa shape index (κ2) is 5.00. The largest absolute Gasteiger partial charge is 0.497 e. The predicted molar refractivity (Wildman–Crippen MR) is 73.4 cm³/mol. The van der Waals surface area contributed by atoms with E-state index >= 15 is 0 Å². The molecule has 94 valence electrons. The Hall–Kier alpha value is -2.16. The number of nitrogen functional groups attached to an aromatic ring is 1. The summed E-state index contributed by atoms with van der Waals surface area (Å²) < 4.78 is 11.0. The fraction of sp³-hybridized carbons (Fsp3) is 0.200. The van der Waals surface area contributed by atoms with Gasteiger partial charge in [-0.2, -0.15) is 0 Å². The third-order valence-corrected chi connectivity index (χ3v) is 2.84. The summed E-state index contributed by atoms with van der Waals surface area (Å²) >= 11 is 0. The monoisotopic (exact) mass is 243 g/mol. The number of methoxy groups -OCH3 is 1. The van der Waals surface area contributed by atoms with Gasteiger partial charge in [0.25, 0.3) is 0 Å². The van der Waals surface area contributed by atoms with Crippen LogP contribution in [0.1, 0.15) is 11.1 Å². The lowest BCUT2D eigenvalue weighted by Crippen LogP contribution is -1.95. The van der Waals surface area contributed by atoms with Gasteiger partial charge in [0.05, 0.1) is 7.11 Å². The zero-order chi connectivity index (χ0) is 13.1. The van der Waals surface area contributed by atoms with E-state index in [0.29, 0.717) is 0 Å². The first-order valence-electron chi connectivity index (χ1n) is 5.79. The van der Waals surface area contributed by atoms with Crippen molar-refractivity contribution >= 4 is 5.69 Å².